The number of aromatic nitrogens is 1. The Kier molecular flexibility index (Phi) is 15.3. The van der Waals surface area contributed by atoms with Crippen molar-refractivity contribution in [3.8, 4) is 0 Å². The van der Waals surface area contributed by atoms with Crippen molar-refractivity contribution in [2.45, 2.75) is 56.9 Å². The number of piperazine rings is 1. The summed E-state index contributed by atoms with van der Waals surface area (Å²) in [6.07, 6.45) is -9.81. The third-order valence-corrected chi connectivity index (χ3v) is 7.82. The molecule has 0 aliphatic carbocycles. The molecule has 11 nitrogen and oxygen atoms in total. The van der Waals surface area contributed by atoms with Crippen LogP contribution in [0, 0.1) is 6.92 Å². The van der Waals surface area contributed by atoms with Crippen molar-refractivity contribution in [2.75, 3.05) is 33.2 Å². The quantitative estimate of drug-likeness (QED) is 0.380. The molecule has 2 aromatic rings. The fraction of sp³-hybridized carbons (Fsp3) is 0.519. The Morgan fingerprint density at radius 3 is 1.58 bits per heavy atom. The molecule has 1 spiro atoms. The highest BCUT2D eigenvalue weighted by Gasteiger charge is 2.49. The van der Waals surface area contributed by atoms with Gasteiger partial charge in [-0.15, -0.1) is 11.3 Å². The highest BCUT2D eigenvalue weighted by atomic mass is 32.1. The smallest absolute Gasteiger partial charge is 0.475 e. The van der Waals surface area contributed by atoms with E-state index in [4.69, 9.17) is 29.7 Å². The first-order valence-corrected chi connectivity index (χ1v) is 14.3. The van der Waals surface area contributed by atoms with Gasteiger partial charge in [0.15, 0.2) is 0 Å². The minimum Gasteiger partial charge on any atom is -0.475 e. The number of halogens is 9. The summed E-state index contributed by atoms with van der Waals surface area (Å²) < 4.78 is 95.2. The SMILES string of the molecule is Cc1ccc(CN2CCC3(CC2)C(=O)N(Cc2ccncc2)CCN3C)s1.O=C(O)C(F)(F)F.O=C(O)C(F)(F)F.O=C(O)C(F)(F)F. The van der Waals surface area contributed by atoms with Crippen molar-refractivity contribution in [2.24, 2.45) is 0 Å². The van der Waals surface area contributed by atoms with Crippen LogP contribution in [-0.4, -0.2) is 116 Å². The van der Waals surface area contributed by atoms with Gasteiger partial charge in [-0.3, -0.25) is 19.6 Å². The number of nitrogens with zero attached hydrogens (tertiary/aromatic N) is 4. The van der Waals surface area contributed by atoms with Gasteiger partial charge in [0, 0.05) is 61.4 Å². The van der Waals surface area contributed by atoms with Gasteiger partial charge in [0.1, 0.15) is 5.54 Å². The number of likely N-dealkylation sites (N-methyl/N-ethyl adjacent to an activating group) is 1. The van der Waals surface area contributed by atoms with E-state index in [0.29, 0.717) is 12.5 Å². The fourth-order valence-corrected chi connectivity index (χ4v) is 5.30. The lowest BCUT2D eigenvalue weighted by atomic mass is 9.82. The predicted octanol–water partition coefficient (Wildman–Crippen LogP) is 4.66. The lowest BCUT2D eigenvalue weighted by Crippen LogP contribution is -2.67. The van der Waals surface area contributed by atoms with E-state index in [0.717, 1.165) is 51.1 Å². The van der Waals surface area contributed by atoms with E-state index in [1.807, 2.05) is 28.4 Å². The number of amides is 1. The number of carbonyl (C=O) groups excluding carboxylic acids is 1. The molecule has 2 aliphatic heterocycles. The third-order valence-electron chi connectivity index (χ3n) is 6.83. The summed E-state index contributed by atoms with van der Waals surface area (Å²) in [5.41, 5.74) is 0.830. The molecule has 4 heterocycles. The van der Waals surface area contributed by atoms with Crippen LogP contribution in [0.4, 0.5) is 39.5 Å². The molecule has 1 amide bonds. The molecule has 0 saturated carbocycles. The number of hydrogen-bond acceptors (Lipinski definition) is 8. The van der Waals surface area contributed by atoms with Crippen molar-refractivity contribution in [3.63, 3.8) is 0 Å². The topological polar surface area (TPSA) is 152 Å². The van der Waals surface area contributed by atoms with Crippen molar-refractivity contribution in [1.82, 2.24) is 19.7 Å². The molecule has 2 fully saturated rings. The summed E-state index contributed by atoms with van der Waals surface area (Å²) in [7, 11) is 2.12. The second kappa shape index (κ2) is 17.4. The van der Waals surface area contributed by atoms with Crippen LogP contribution in [0.15, 0.2) is 36.7 Å². The second-order valence-electron chi connectivity index (χ2n) is 10.2. The molecule has 0 unspecified atom stereocenters. The van der Waals surface area contributed by atoms with Gasteiger partial charge in [-0.05, 0) is 56.6 Å². The maximum absolute atomic E-state index is 13.4. The van der Waals surface area contributed by atoms with Crippen molar-refractivity contribution in [3.05, 3.63) is 52.0 Å². The first-order chi connectivity index (χ1) is 21.9. The zero-order valence-corrected chi connectivity index (χ0v) is 26.0. The summed E-state index contributed by atoms with van der Waals surface area (Å²) in [5.74, 6) is -7.97. The first kappa shape index (κ1) is 42.0. The number of pyridine rings is 1. The Morgan fingerprint density at radius 2 is 1.21 bits per heavy atom. The predicted molar refractivity (Wildman–Crippen MR) is 150 cm³/mol. The molecule has 0 radical (unpaired) electrons. The normalized spacial score (nSPS) is 16.8. The minimum absolute atomic E-state index is 0.305. The molecule has 270 valence electrons. The van der Waals surface area contributed by atoms with Gasteiger partial charge in [-0.1, -0.05) is 0 Å². The summed E-state index contributed by atoms with van der Waals surface area (Å²) >= 11 is 1.88. The number of piperidine rings is 1. The largest absolute Gasteiger partial charge is 0.490 e. The van der Waals surface area contributed by atoms with E-state index in [1.165, 1.54) is 9.75 Å². The number of carbonyl (C=O) groups is 4. The van der Waals surface area contributed by atoms with Gasteiger partial charge in [-0.25, -0.2) is 14.4 Å². The third kappa shape index (κ3) is 13.6. The van der Waals surface area contributed by atoms with Crippen molar-refractivity contribution >= 4 is 35.2 Å². The number of rotatable bonds is 4. The van der Waals surface area contributed by atoms with Crippen LogP contribution >= 0.6 is 11.3 Å². The number of aliphatic carboxylic acids is 3. The molecule has 2 saturated heterocycles. The van der Waals surface area contributed by atoms with Crippen molar-refractivity contribution < 1.29 is 74.0 Å². The summed E-state index contributed by atoms with van der Waals surface area (Å²) in [6, 6.07) is 8.44. The Bertz CT molecular complexity index is 1300. The van der Waals surface area contributed by atoms with Crippen LogP contribution in [0.2, 0.25) is 0 Å². The Balaban J connectivity index is 0.000000448. The van der Waals surface area contributed by atoms with E-state index in [9.17, 15) is 44.3 Å². The van der Waals surface area contributed by atoms with E-state index in [-0.39, 0.29) is 5.54 Å². The summed E-state index contributed by atoms with van der Waals surface area (Å²) in [6.45, 7) is 7.57. The monoisotopic (exact) mass is 726 g/mol. The Labute approximate surface area is 271 Å². The molecule has 0 bridgehead atoms. The average Bonchev–Trinajstić information content (AvgIpc) is 3.38. The van der Waals surface area contributed by atoms with Crippen LogP contribution in [0.1, 0.15) is 28.2 Å². The molecule has 3 N–H and O–H groups in total. The average molecular weight is 727 g/mol. The first-order valence-electron chi connectivity index (χ1n) is 13.5. The molecule has 2 aliphatic rings. The summed E-state index contributed by atoms with van der Waals surface area (Å²) in [4.78, 5) is 53.9. The maximum atomic E-state index is 13.4. The van der Waals surface area contributed by atoms with E-state index in [2.05, 4.69) is 40.9 Å². The number of hydrogen-bond donors (Lipinski definition) is 3. The molecule has 4 rings (SSSR count). The van der Waals surface area contributed by atoms with Gasteiger partial charge in [-0.2, -0.15) is 39.5 Å². The molecular weight excluding hydrogens is 695 g/mol. The summed E-state index contributed by atoms with van der Waals surface area (Å²) in [5, 5.41) is 21.4. The number of alkyl halides is 9. The highest BCUT2D eigenvalue weighted by Crippen LogP contribution is 2.34. The molecule has 0 aromatic carbocycles. The lowest BCUT2D eigenvalue weighted by molar-refractivity contribution is -0.193. The number of likely N-dealkylation sites (tertiary alicyclic amines) is 1. The van der Waals surface area contributed by atoms with E-state index < -0.39 is 36.4 Å². The van der Waals surface area contributed by atoms with Crippen LogP contribution in [-0.2, 0) is 32.3 Å². The number of carboxylic acid groups (broad SMARTS) is 3. The van der Waals surface area contributed by atoms with Gasteiger partial charge >= 0.3 is 36.4 Å². The molecule has 0 atom stereocenters. The maximum Gasteiger partial charge on any atom is 0.490 e. The molecule has 2 aromatic heterocycles. The fourth-order valence-electron chi connectivity index (χ4n) is 4.37. The van der Waals surface area contributed by atoms with Gasteiger partial charge in [0.25, 0.3) is 0 Å². The van der Waals surface area contributed by atoms with E-state index in [1.54, 1.807) is 12.4 Å². The van der Waals surface area contributed by atoms with E-state index >= 15 is 0 Å². The Morgan fingerprint density at radius 1 is 0.771 bits per heavy atom. The van der Waals surface area contributed by atoms with Crippen molar-refractivity contribution in [1.29, 1.82) is 0 Å². The number of thiophene rings is 1. The second-order valence-corrected chi connectivity index (χ2v) is 11.6. The highest BCUT2D eigenvalue weighted by molar-refractivity contribution is 7.11. The van der Waals surface area contributed by atoms with Crippen LogP contribution in [0.25, 0.3) is 0 Å². The number of aryl methyl sites for hydroxylation is 1. The minimum atomic E-state index is -5.08. The molecule has 48 heavy (non-hydrogen) atoms. The Hall–Kier alpha value is -3.98. The van der Waals surface area contributed by atoms with Gasteiger partial charge in [0.05, 0.1) is 0 Å². The molecular formula is C27H31F9N4O7S. The zero-order chi connectivity index (χ0) is 37.1. The number of carboxylic acids is 3. The van der Waals surface area contributed by atoms with Crippen LogP contribution < -0.4 is 0 Å². The standard InChI is InChI=1S/C21H28N4OS.3C2HF3O2/c1-17-3-4-19(27-17)16-24-11-7-21(8-12-24)20(26)25(14-13-23(21)2)15-18-5-9-22-10-6-18;3*3-2(4,5)1(6)7/h3-6,9-10H,7-8,11-16H2,1-2H3;3*(H,6,7). The van der Waals surface area contributed by atoms with Crippen LogP contribution in [0.3, 0.4) is 0 Å². The van der Waals surface area contributed by atoms with Crippen LogP contribution in [0.5, 0.6) is 0 Å². The van der Waals surface area contributed by atoms with Gasteiger partial charge < -0.3 is 20.2 Å². The molecule has 21 heteroatoms. The zero-order valence-electron chi connectivity index (χ0n) is 25.2. The lowest BCUT2D eigenvalue weighted by Gasteiger charge is -2.51. The van der Waals surface area contributed by atoms with Gasteiger partial charge in [0.2, 0.25) is 5.91 Å².